The minimum Gasteiger partial charge on any atom is -0.493 e. The molecule has 2 unspecified atom stereocenters. The van der Waals surface area contributed by atoms with Gasteiger partial charge in [-0.25, -0.2) is 0 Å². The molecule has 1 heterocycles. The Morgan fingerprint density at radius 2 is 2.05 bits per heavy atom. The van der Waals surface area contributed by atoms with Gasteiger partial charge in [-0.1, -0.05) is 40.0 Å². The minimum absolute atomic E-state index is 0.279. The van der Waals surface area contributed by atoms with Crippen LogP contribution in [0.4, 0.5) is 0 Å². The van der Waals surface area contributed by atoms with E-state index in [1.54, 1.807) is 13.3 Å². The predicted octanol–water partition coefficient (Wildman–Crippen LogP) is 3.55. The van der Waals surface area contributed by atoms with Crippen molar-refractivity contribution in [2.24, 2.45) is 5.92 Å². The molecule has 0 radical (unpaired) electrons. The highest BCUT2D eigenvalue weighted by atomic mass is 16.5. The van der Waals surface area contributed by atoms with E-state index in [0.717, 1.165) is 44.3 Å². The molecule has 0 saturated carbocycles. The highest BCUT2D eigenvalue weighted by Crippen LogP contribution is 2.34. The fraction of sp³-hybridized carbons (Fsp3) is 0.800. The zero-order chi connectivity index (χ0) is 14.3. The van der Waals surface area contributed by atoms with E-state index in [-0.39, 0.29) is 5.92 Å². The van der Waals surface area contributed by atoms with Gasteiger partial charge in [-0.15, -0.1) is 0 Å². The van der Waals surface area contributed by atoms with E-state index in [0.29, 0.717) is 5.75 Å². The highest BCUT2D eigenvalue weighted by molar-refractivity contribution is 5.27. The maximum absolute atomic E-state index is 10.7. The third-order valence-corrected chi connectivity index (χ3v) is 3.68. The Bertz CT molecular complexity index is 363. The molecule has 1 aromatic heterocycles. The molecule has 4 heteroatoms. The molecule has 0 bridgehead atoms. The molecule has 4 nitrogen and oxygen atoms in total. The van der Waals surface area contributed by atoms with Gasteiger partial charge in [0.25, 0.3) is 0 Å². The molecule has 0 aliphatic carbocycles. The second-order valence-corrected chi connectivity index (χ2v) is 5.08. The Hall–Kier alpha value is -1.03. The summed E-state index contributed by atoms with van der Waals surface area (Å²) in [6, 6.07) is 0. The number of unbranched alkanes of at least 4 members (excludes halogenated alkanes) is 1. The van der Waals surface area contributed by atoms with Gasteiger partial charge in [0, 0.05) is 6.54 Å². The number of methoxy groups -OCH3 is 1. The molecule has 0 saturated heterocycles. The largest absolute Gasteiger partial charge is 0.493 e. The van der Waals surface area contributed by atoms with Crippen molar-refractivity contribution in [3.63, 3.8) is 0 Å². The zero-order valence-electron chi connectivity index (χ0n) is 12.7. The van der Waals surface area contributed by atoms with Crippen molar-refractivity contribution in [2.45, 2.75) is 65.5 Å². The maximum Gasteiger partial charge on any atom is 0.162 e. The Morgan fingerprint density at radius 3 is 2.58 bits per heavy atom. The molecular formula is C15H28N2O2. The third kappa shape index (κ3) is 3.96. The molecular weight excluding hydrogens is 240 g/mol. The summed E-state index contributed by atoms with van der Waals surface area (Å²) >= 11 is 0. The van der Waals surface area contributed by atoms with Gasteiger partial charge in [-0.3, -0.25) is 4.68 Å². The van der Waals surface area contributed by atoms with Crippen molar-refractivity contribution in [1.82, 2.24) is 9.78 Å². The van der Waals surface area contributed by atoms with E-state index in [1.807, 2.05) is 4.68 Å². The van der Waals surface area contributed by atoms with Crippen LogP contribution >= 0.6 is 0 Å². The maximum atomic E-state index is 10.7. The van der Waals surface area contributed by atoms with Crippen LogP contribution in [-0.2, 0) is 6.54 Å². The van der Waals surface area contributed by atoms with Gasteiger partial charge < -0.3 is 9.84 Å². The summed E-state index contributed by atoms with van der Waals surface area (Å²) in [6.45, 7) is 7.25. The van der Waals surface area contributed by atoms with E-state index in [9.17, 15) is 5.11 Å². The van der Waals surface area contributed by atoms with Crippen LogP contribution in [-0.4, -0.2) is 22.0 Å². The Kier molecular flexibility index (Phi) is 6.92. The lowest BCUT2D eigenvalue weighted by atomic mass is 9.91. The van der Waals surface area contributed by atoms with E-state index >= 15 is 0 Å². The van der Waals surface area contributed by atoms with Crippen molar-refractivity contribution in [2.75, 3.05) is 7.11 Å². The molecule has 110 valence electrons. The lowest BCUT2D eigenvalue weighted by Gasteiger charge is -2.23. The van der Waals surface area contributed by atoms with Gasteiger partial charge >= 0.3 is 0 Å². The van der Waals surface area contributed by atoms with Crippen molar-refractivity contribution in [1.29, 1.82) is 0 Å². The van der Waals surface area contributed by atoms with Crippen LogP contribution in [0.25, 0.3) is 0 Å². The van der Waals surface area contributed by atoms with Crippen molar-refractivity contribution in [3.05, 3.63) is 11.9 Å². The molecule has 0 fully saturated rings. The number of hydrogen-bond donors (Lipinski definition) is 1. The average molecular weight is 268 g/mol. The summed E-state index contributed by atoms with van der Waals surface area (Å²) in [6.07, 6.45) is 6.56. The number of aromatic nitrogens is 2. The number of aliphatic hydroxyl groups excluding tert-OH is 1. The topological polar surface area (TPSA) is 47.3 Å². The number of ether oxygens (including phenoxy) is 1. The number of rotatable bonds is 9. The van der Waals surface area contributed by atoms with Crippen LogP contribution in [0.2, 0.25) is 0 Å². The second-order valence-electron chi connectivity index (χ2n) is 5.08. The van der Waals surface area contributed by atoms with Crippen LogP contribution in [0.3, 0.4) is 0 Å². The molecule has 1 N–H and O–H groups in total. The first-order valence-corrected chi connectivity index (χ1v) is 7.47. The third-order valence-electron chi connectivity index (χ3n) is 3.68. The van der Waals surface area contributed by atoms with E-state index in [1.165, 1.54) is 0 Å². The molecule has 0 aliphatic rings. The number of aliphatic hydroxyl groups is 1. The van der Waals surface area contributed by atoms with Gasteiger partial charge in [0.05, 0.1) is 13.3 Å². The van der Waals surface area contributed by atoms with Crippen LogP contribution < -0.4 is 4.74 Å². The van der Waals surface area contributed by atoms with E-state index < -0.39 is 6.10 Å². The van der Waals surface area contributed by atoms with Crippen LogP contribution in [0.1, 0.15) is 64.7 Å². The summed E-state index contributed by atoms with van der Waals surface area (Å²) in [5, 5.41) is 15.0. The highest BCUT2D eigenvalue weighted by Gasteiger charge is 2.26. The molecule has 2 atom stereocenters. The van der Waals surface area contributed by atoms with Crippen LogP contribution in [0.5, 0.6) is 5.75 Å². The van der Waals surface area contributed by atoms with Gasteiger partial charge in [0.15, 0.2) is 5.75 Å². The van der Waals surface area contributed by atoms with Crippen molar-refractivity contribution in [3.8, 4) is 5.75 Å². The smallest absolute Gasteiger partial charge is 0.162 e. The quantitative estimate of drug-likeness (QED) is 0.745. The first-order chi connectivity index (χ1) is 9.19. The van der Waals surface area contributed by atoms with Gasteiger partial charge in [0.2, 0.25) is 0 Å². The summed E-state index contributed by atoms with van der Waals surface area (Å²) in [5.74, 6) is 0.983. The Balaban J connectivity index is 2.93. The fourth-order valence-corrected chi connectivity index (χ4v) is 2.50. The average Bonchev–Trinajstić information content (AvgIpc) is 2.82. The second kappa shape index (κ2) is 8.20. The fourth-order valence-electron chi connectivity index (χ4n) is 2.50. The minimum atomic E-state index is -0.486. The van der Waals surface area contributed by atoms with Gasteiger partial charge in [0.1, 0.15) is 11.8 Å². The van der Waals surface area contributed by atoms with Crippen LogP contribution in [0.15, 0.2) is 6.20 Å². The first kappa shape index (κ1) is 16.0. The standard InChI is InChI=1S/C15H28N2O2/c1-5-8-9-12(7-3)15(18)14-13(19-4)11-16-17(14)10-6-2/h11-12,15,18H,5-10H2,1-4H3. The first-order valence-electron chi connectivity index (χ1n) is 7.47. The van der Waals surface area contributed by atoms with Gasteiger partial charge in [-0.05, 0) is 18.8 Å². The lowest BCUT2D eigenvalue weighted by Crippen LogP contribution is -2.17. The number of nitrogens with zero attached hydrogens (tertiary/aromatic N) is 2. The lowest BCUT2D eigenvalue weighted by molar-refractivity contribution is 0.0872. The molecule has 19 heavy (non-hydrogen) atoms. The summed E-state index contributed by atoms with van der Waals surface area (Å²) in [4.78, 5) is 0. The molecule has 0 aliphatic heterocycles. The molecule has 1 aromatic rings. The summed E-state index contributed by atoms with van der Waals surface area (Å²) in [7, 11) is 1.64. The molecule has 1 rings (SSSR count). The summed E-state index contributed by atoms with van der Waals surface area (Å²) < 4.78 is 7.24. The van der Waals surface area contributed by atoms with Gasteiger partial charge in [-0.2, -0.15) is 5.10 Å². The Morgan fingerprint density at radius 1 is 1.32 bits per heavy atom. The van der Waals surface area contributed by atoms with E-state index in [4.69, 9.17) is 4.74 Å². The number of aryl methyl sites for hydroxylation is 1. The SMILES string of the molecule is CCCCC(CC)C(O)c1c(OC)cnn1CCC. The number of hydrogen-bond acceptors (Lipinski definition) is 3. The van der Waals surface area contributed by atoms with Crippen molar-refractivity contribution >= 4 is 0 Å². The zero-order valence-corrected chi connectivity index (χ0v) is 12.7. The molecule has 0 amide bonds. The predicted molar refractivity (Wildman–Crippen MR) is 77.3 cm³/mol. The molecule has 0 aromatic carbocycles. The summed E-state index contributed by atoms with van der Waals surface area (Å²) in [5.41, 5.74) is 0.840. The normalized spacial score (nSPS) is 14.4. The molecule has 0 spiro atoms. The van der Waals surface area contributed by atoms with E-state index in [2.05, 4.69) is 25.9 Å². The Labute approximate surface area is 116 Å². The monoisotopic (exact) mass is 268 g/mol. The van der Waals surface area contributed by atoms with Crippen LogP contribution in [0, 0.1) is 5.92 Å². The van der Waals surface area contributed by atoms with Crippen molar-refractivity contribution < 1.29 is 9.84 Å².